The predicted octanol–water partition coefficient (Wildman–Crippen LogP) is 2.69. The highest BCUT2D eigenvalue weighted by molar-refractivity contribution is 7.16. The fourth-order valence-corrected chi connectivity index (χ4v) is 4.16. The second-order valence-corrected chi connectivity index (χ2v) is 8.17. The Morgan fingerprint density at radius 3 is 2.54 bits per heavy atom. The van der Waals surface area contributed by atoms with E-state index >= 15 is 0 Å². The van der Waals surface area contributed by atoms with Crippen molar-refractivity contribution < 1.29 is 14.0 Å². The van der Waals surface area contributed by atoms with Gasteiger partial charge < -0.3 is 14.6 Å². The van der Waals surface area contributed by atoms with Gasteiger partial charge in [-0.15, -0.1) is 11.3 Å². The number of hydrogen-bond donors (Lipinski definition) is 1. The summed E-state index contributed by atoms with van der Waals surface area (Å²) in [4.78, 5) is 29.8. The van der Waals surface area contributed by atoms with Crippen molar-refractivity contribution in [3.63, 3.8) is 0 Å². The number of carbonyl (C=O) groups excluding carboxylic acids is 2. The largest absolute Gasteiger partial charge is 0.466 e. The van der Waals surface area contributed by atoms with E-state index < -0.39 is 0 Å². The number of piperazine rings is 1. The Kier molecular flexibility index (Phi) is 6.01. The van der Waals surface area contributed by atoms with E-state index in [1.807, 2.05) is 12.1 Å². The van der Waals surface area contributed by atoms with Gasteiger partial charge in [-0.1, -0.05) is 11.6 Å². The zero-order chi connectivity index (χ0) is 18.7. The summed E-state index contributed by atoms with van der Waals surface area (Å²) in [7, 11) is 0. The summed E-state index contributed by atoms with van der Waals surface area (Å²) in [5, 5.41) is 2.69. The highest BCUT2D eigenvalue weighted by atomic mass is 35.5. The van der Waals surface area contributed by atoms with Gasteiger partial charge >= 0.3 is 0 Å². The first-order valence-corrected chi connectivity index (χ1v) is 9.71. The van der Waals surface area contributed by atoms with Gasteiger partial charge in [0.25, 0.3) is 5.91 Å². The maximum atomic E-state index is 12.3. The van der Waals surface area contributed by atoms with Gasteiger partial charge in [0, 0.05) is 37.6 Å². The molecule has 1 aliphatic heterocycles. The molecule has 0 unspecified atom stereocenters. The Labute approximate surface area is 161 Å². The van der Waals surface area contributed by atoms with Crippen LogP contribution < -0.4 is 5.32 Å². The maximum absolute atomic E-state index is 12.3. The zero-order valence-corrected chi connectivity index (χ0v) is 16.5. The molecule has 1 saturated heterocycles. The summed E-state index contributed by atoms with van der Waals surface area (Å²) < 4.78 is 6.15. The van der Waals surface area contributed by atoms with Gasteiger partial charge in [-0.2, -0.15) is 0 Å². The van der Waals surface area contributed by atoms with Gasteiger partial charge in [0.1, 0.15) is 11.5 Å². The number of furan rings is 1. The van der Waals surface area contributed by atoms with Crippen molar-refractivity contribution in [2.75, 3.05) is 32.7 Å². The molecule has 2 amide bonds. The van der Waals surface area contributed by atoms with Crippen molar-refractivity contribution in [2.24, 2.45) is 0 Å². The van der Waals surface area contributed by atoms with Crippen molar-refractivity contribution >= 4 is 34.8 Å². The van der Waals surface area contributed by atoms with E-state index in [4.69, 9.17) is 16.0 Å². The molecular formula is C18H22ClN3O3S. The molecule has 6 nitrogen and oxygen atoms in total. The van der Waals surface area contributed by atoms with Crippen LogP contribution in [0.15, 0.2) is 22.6 Å². The van der Waals surface area contributed by atoms with Crippen LogP contribution in [0.1, 0.15) is 26.8 Å². The number of aryl methyl sites for hydroxylation is 2. The van der Waals surface area contributed by atoms with Gasteiger partial charge in [-0.25, -0.2) is 0 Å². The molecule has 0 atom stereocenters. The van der Waals surface area contributed by atoms with E-state index in [0.717, 1.165) is 24.0 Å². The minimum Gasteiger partial charge on any atom is -0.466 e. The summed E-state index contributed by atoms with van der Waals surface area (Å²) in [6.07, 6.45) is 0. The van der Waals surface area contributed by atoms with E-state index in [1.54, 1.807) is 36.2 Å². The highest BCUT2D eigenvalue weighted by Gasteiger charge is 2.22. The van der Waals surface area contributed by atoms with E-state index in [-0.39, 0.29) is 18.4 Å². The molecule has 0 aliphatic carbocycles. The number of rotatable bonds is 5. The van der Waals surface area contributed by atoms with Crippen molar-refractivity contribution in [1.82, 2.24) is 15.1 Å². The normalized spacial score (nSPS) is 15.3. The summed E-state index contributed by atoms with van der Waals surface area (Å²) in [5.74, 6) is 0.910. The van der Waals surface area contributed by atoms with Crippen LogP contribution in [0.4, 0.5) is 0 Å². The monoisotopic (exact) mass is 395 g/mol. The molecule has 0 saturated carbocycles. The first kappa shape index (κ1) is 18.9. The molecule has 3 heterocycles. The molecule has 0 radical (unpaired) electrons. The Morgan fingerprint density at radius 1 is 1.23 bits per heavy atom. The Balaban J connectivity index is 1.43. The Morgan fingerprint density at radius 2 is 1.96 bits per heavy atom. The number of nitrogens with one attached hydrogen (secondary N) is 1. The molecule has 1 fully saturated rings. The smallest absolute Gasteiger partial charge is 0.255 e. The number of nitrogens with zero attached hydrogens (tertiary/aromatic N) is 2. The lowest BCUT2D eigenvalue weighted by Gasteiger charge is -2.34. The summed E-state index contributed by atoms with van der Waals surface area (Å²) in [6, 6.07) is 5.64. The van der Waals surface area contributed by atoms with E-state index in [2.05, 4.69) is 10.2 Å². The van der Waals surface area contributed by atoms with Crippen molar-refractivity contribution in [3.05, 3.63) is 44.5 Å². The van der Waals surface area contributed by atoms with Gasteiger partial charge in [-0.3, -0.25) is 14.5 Å². The topological polar surface area (TPSA) is 65.8 Å². The number of thiophene rings is 1. The van der Waals surface area contributed by atoms with Crippen LogP contribution in [0.5, 0.6) is 0 Å². The molecule has 0 bridgehead atoms. The standard InChI is InChI=1S/C18H22ClN3O3S/c1-12-9-15(13(2)25-12)18(24)20-10-17(23)22-7-5-21(6-8-22)11-14-3-4-16(19)26-14/h3-4,9H,5-8,10-11H2,1-2H3,(H,20,24). The van der Waals surface area contributed by atoms with Crippen molar-refractivity contribution in [3.8, 4) is 0 Å². The lowest BCUT2D eigenvalue weighted by Crippen LogP contribution is -2.50. The van der Waals surface area contributed by atoms with Gasteiger partial charge in [0.05, 0.1) is 16.4 Å². The fraction of sp³-hybridized carbons (Fsp3) is 0.444. The van der Waals surface area contributed by atoms with Crippen molar-refractivity contribution in [1.29, 1.82) is 0 Å². The highest BCUT2D eigenvalue weighted by Crippen LogP contribution is 2.23. The average Bonchev–Trinajstić information content (AvgIpc) is 3.17. The third kappa shape index (κ3) is 4.66. The number of hydrogen-bond acceptors (Lipinski definition) is 5. The molecule has 0 spiro atoms. The minimum absolute atomic E-state index is 0.00301. The Bertz CT molecular complexity index is 793. The van der Waals surface area contributed by atoms with Crippen molar-refractivity contribution in [2.45, 2.75) is 20.4 Å². The fourth-order valence-electron chi connectivity index (χ4n) is 3.03. The Hall–Kier alpha value is -1.83. The molecule has 2 aromatic heterocycles. The van der Waals surface area contributed by atoms with Gasteiger partial charge in [0.15, 0.2) is 0 Å². The van der Waals surface area contributed by atoms with Gasteiger partial charge in [-0.05, 0) is 32.0 Å². The second-order valence-electron chi connectivity index (χ2n) is 6.37. The average molecular weight is 396 g/mol. The molecule has 8 heteroatoms. The minimum atomic E-state index is -0.277. The van der Waals surface area contributed by atoms with Crippen LogP contribution in [-0.2, 0) is 11.3 Å². The molecule has 26 heavy (non-hydrogen) atoms. The lowest BCUT2D eigenvalue weighted by molar-refractivity contribution is -0.131. The second kappa shape index (κ2) is 8.24. The quantitative estimate of drug-likeness (QED) is 0.845. The van der Waals surface area contributed by atoms with E-state index in [0.29, 0.717) is 30.2 Å². The lowest BCUT2D eigenvalue weighted by atomic mass is 10.2. The molecule has 1 aliphatic rings. The van der Waals surface area contributed by atoms with E-state index in [1.165, 1.54) is 4.88 Å². The predicted molar refractivity (Wildman–Crippen MR) is 102 cm³/mol. The molecule has 1 N–H and O–H groups in total. The van der Waals surface area contributed by atoms with Crippen LogP contribution in [0.2, 0.25) is 4.34 Å². The van der Waals surface area contributed by atoms with Crippen LogP contribution in [0.25, 0.3) is 0 Å². The molecule has 2 aromatic rings. The van der Waals surface area contributed by atoms with Crippen LogP contribution in [-0.4, -0.2) is 54.3 Å². The summed E-state index contributed by atoms with van der Waals surface area (Å²) >= 11 is 7.55. The molecule has 140 valence electrons. The zero-order valence-electron chi connectivity index (χ0n) is 14.9. The summed E-state index contributed by atoms with van der Waals surface area (Å²) in [5.41, 5.74) is 0.481. The number of halogens is 1. The first-order chi connectivity index (χ1) is 12.4. The van der Waals surface area contributed by atoms with Crippen LogP contribution >= 0.6 is 22.9 Å². The maximum Gasteiger partial charge on any atom is 0.255 e. The molecule has 3 rings (SSSR count). The first-order valence-electron chi connectivity index (χ1n) is 8.52. The number of carbonyl (C=O) groups is 2. The third-order valence-corrected chi connectivity index (χ3v) is 5.63. The third-order valence-electron chi connectivity index (χ3n) is 4.42. The molecular weight excluding hydrogens is 374 g/mol. The van der Waals surface area contributed by atoms with E-state index in [9.17, 15) is 9.59 Å². The van der Waals surface area contributed by atoms with Gasteiger partial charge in [0.2, 0.25) is 5.91 Å². The summed E-state index contributed by atoms with van der Waals surface area (Å²) in [6.45, 7) is 7.35. The number of amides is 2. The van der Waals surface area contributed by atoms with Crippen LogP contribution in [0, 0.1) is 13.8 Å². The molecule has 0 aromatic carbocycles. The SMILES string of the molecule is Cc1cc(C(=O)NCC(=O)N2CCN(Cc3ccc(Cl)s3)CC2)c(C)o1. The van der Waals surface area contributed by atoms with Crippen LogP contribution in [0.3, 0.4) is 0 Å².